The molecule has 21 heavy (non-hydrogen) atoms. The Kier molecular flexibility index (Phi) is 5.76. The first kappa shape index (κ1) is 15.5. The zero-order chi connectivity index (χ0) is 15.1. The van der Waals surface area contributed by atoms with Gasteiger partial charge in [0.25, 0.3) is 0 Å². The van der Waals surface area contributed by atoms with Crippen LogP contribution in [-0.4, -0.2) is 11.5 Å². The number of hydrogen-bond acceptors (Lipinski definition) is 3. The van der Waals surface area contributed by atoms with E-state index < -0.39 is 0 Å². The normalized spacial score (nSPS) is 10.9. The lowest BCUT2D eigenvalue weighted by molar-refractivity contribution is 0.300. The molecule has 0 aliphatic rings. The molecule has 2 rings (SSSR count). The fourth-order valence-corrected chi connectivity index (χ4v) is 2.07. The van der Waals surface area contributed by atoms with E-state index in [1.807, 2.05) is 18.2 Å². The molecule has 0 unspecified atom stereocenters. The van der Waals surface area contributed by atoms with Gasteiger partial charge >= 0.3 is 0 Å². The lowest BCUT2D eigenvalue weighted by Crippen LogP contribution is -2.18. The second-order valence-corrected chi connectivity index (χ2v) is 5.73. The second kappa shape index (κ2) is 7.79. The van der Waals surface area contributed by atoms with E-state index in [1.165, 1.54) is 5.56 Å². The van der Waals surface area contributed by atoms with Crippen molar-refractivity contribution in [1.29, 1.82) is 0 Å². The Balaban J connectivity index is 1.90. The van der Waals surface area contributed by atoms with Gasteiger partial charge in [0.1, 0.15) is 12.4 Å². The number of pyridine rings is 1. The van der Waals surface area contributed by atoms with Gasteiger partial charge in [0, 0.05) is 12.7 Å². The number of aromatic nitrogens is 1. The number of ether oxygens (including phenoxy) is 1. The molecule has 0 aliphatic carbocycles. The fraction of sp³-hybridized carbons (Fsp3) is 0.389. The second-order valence-electron chi connectivity index (χ2n) is 5.73. The maximum atomic E-state index is 5.85. The molecule has 2 aromatic rings. The summed E-state index contributed by atoms with van der Waals surface area (Å²) in [7, 11) is 0. The summed E-state index contributed by atoms with van der Waals surface area (Å²) in [5, 5.41) is 3.44. The van der Waals surface area contributed by atoms with Crippen LogP contribution in [0.5, 0.6) is 5.75 Å². The van der Waals surface area contributed by atoms with Gasteiger partial charge in [-0.3, -0.25) is 4.98 Å². The summed E-state index contributed by atoms with van der Waals surface area (Å²) in [6, 6.07) is 12.2. The molecule has 0 saturated heterocycles. The smallest absolute Gasteiger partial charge is 0.130 e. The average Bonchev–Trinajstić information content (AvgIpc) is 2.46. The highest BCUT2D eigenvalue weighted by molar-refractivity contribution is 5.29. The van der Waals surface area contributed by atoms with Crippen molar-refractivity contribution in [3.05, 3.63) is 59.4 Å². The molecule has 1 aromatic heterocycles. The Morgan fingerprint density at radius 2 is 2.05 bits per heavy atom. The van der Waals surface area contributed by atoms with Gasteiger partial charge in [0.2, 0.25) is 0 Å². The maximum Gasteiger partial charge on any atom is 0.130 e. The highest BCUT2D eigenvalue weighted by atomic mass is 16.5. The third-order valence-electron chi connectivity index (χ3n) is 3.27. The van der Waals surface area contributed by atoms with Gasteiger partial charge in [-0.25, -0.2) is 0 Å². The Hall–Kier alpha value is -1.87. The zero-order valence-corrected chi connectivity index (χ0v) is 13.1. The first-order valence-corrected chi connectivity index (χ1v) is 7.48. The van der Waals surface area contributed by atoms with Crippen LogP contribution in [0.2, 0.25) is 0 Å². The van der Waals surface area contributed by atoms with Crippen molar-refractivity contribution in [2.45, 2.75) is 33.9 Å². The molecule has 0 saturated carbocycles. The summed E-state index contributed by atoms with van der Waals surface area (Å²) in [5.74, 6) is 1.56. The van der Waals surface area contributed by atoms with Crippen LogP contribution in [0.3, 0.4) is 0 Å². The third-order valence-corrected chi connectivity index (χ3v) is 3.27. The molecule has 0 aliphatic heterocycles. The van der Waals surface area contributed by atoms with Crippen LogP contribution < -0.4 is 10.1 Å². The van der Waals surface area contributed by atoms with Crippen molar-refractivity contribution in [2.24, 2.45) is 5.92 Å². The van der Waals surface area contributed by atoms with E-state index in [2.05, 4.69) is 49.3 Å². The van der Waals surface area contributed by atoms with Gasteiger partial charge < -0.3 is 10.1 Å². The van der Waals surface area contributed by atoms with Crippen LogP contribution in [0, 0.1) is 12.8 Å². The highest BCUT2D eigenvalue weighted by Crippen LogP contribution is 2.15. The Bertz CT molecular complexity index is 567. The molecular formula is C18H24N2O. The number of aryl methyl sites for hydroxylation is 1. The zero-order valence-electron chi connectivity index (χ0n) is 13.1. The van der Waals surface area contributed by atoms with Crippen LogP contribution in [-0.2, 0) is 13.2 Å². The Morgan fingerprint density at radius 1 is 1.19 bits per heavy atom. The van der Waals surface area contributed by atoms with Gasteiger partial charge in [-0.05, 0) is 48.7 Å². The van der Waals surface area contributed by atoms with Crippen LogP contribution in [0.4, 0.5) is 0 Å². The van der Waals surface area contributed by atoms with Gasteiger partial charge in [-0.2, -0.15) is 0 Å². The number of rotatable bonds is 7. The lowest BCUT2D eigenvalue weighted by atomic mass is 10.2. The van der Waals surface area contributed by atoms with Crippen molar-refractivity contribution in [2.75, 3.05) is 6.54 Å². The minimum absolute atomic E-state index is 0.509. The van der Waals surface area contributed by atoms with Crippen molar-refractivity contribution in [1.82, 2.24) is 10.3 Å². The van der Waals surface area contributed by atoms with Crippen LogP contribution >= 0.6 is 0 Å². The molecule has 3 nitrogen and oxygen atoms in total. The maximum absolute atomic E-state index is 5.85. The standard InChI is InChI=1S/C18H24N2O/c1-14(2)11-19-12-16-7-4-8-17(10-16)21-13-18-15(3)6-5-9-20-18/h4-10,14,19H,11-13H2,1-3H3. The van der Waals surface area contributed by atoms with Gasteiger partial charge in [-0.1, -0.05) is 32.0 Å². The molecule has 0 radical (unpaired) electrons. The lowest BCUT2D eigenvalue weighted by Gasteiger charge is -2.10. The number of nitrogens with zero attached hydrogens (tertiary/aromatic N) is 1. The summed E-state index contributed by atoms with van der Waals surface area (Å²) >= 11 is 0. The molecule has 1 aromatic carbocycles. The SMILES string of the molecule is Cc1cccnc1COc1cccc(CNCC(C)C)c1. The molecule has 0 atom stereocenters. The molecular weight excluding hydrogens is 260 g/mol. The Labute approximate surface area is 127 Å². The van der Waals surface area contributed by atoms with Crippen LogP contribution in [0.1, 0.15) is 30.7 Å². The number of benzene rings is 1. The van der Waals surface area contributed by atoms with Gasteiger partial charge in [-0.15, -0.1) is 0 Å². The van der Waals surface area contributed by atoms with Gasteiger partial charge in [0.05, 0.1) is 5.69 Å². The molecule has 0 spiro atoms. The monoisotopic (exact) mass is 284 g/mol. The van der Waals surface area contributed by atoms with E-state index >= 15 is 0 Å². The summed E-state index contributed by atoms with van der Waals surface area (Å²) < 4.78 is 5.85. The van der Waals surface area contributed by atoms with Crippen molar-refractivity contribution < 1.29 is 4.74 Å². The van der Waals surface area contributed by atoms with E-state index in [0.717, 1.165) is 30.1 Å². The third kappa shape index (κ3) is 5.20. The van der Waals surface area contributed by atoms with Gasteiger partial charge in [0.15, 0.2) is 0 Å². The fourth-order valence-electron chi connectivity index (χ4n) is 2.07. The first-order valence-electron chi connectivity index (χ1n) is 7.48. The minimum atomic E-state index is 0.509. The molecule has 112 valence electrons. The molecule has 1 heterocycles. The summed E-state index contributed by atoms with van der Waals surface area (Å²) in [6.45, 7) is 8.88. The van der Waals surface area contributed by atoms with Crippen molar-refractivity contribution in [3.8, 4) is 5.75 Å². The van der Waals surface area contributed by atoms with E-state index in [-0.39, 0.29) is 0 Å². The summed E-state index contributed by atoms with van der Waals surface area (Å²) in [5.41, 5.74) is 3.39. The number of hydrogen-bond donors (Lipinski definition) is 1. The molecule has 1 N–H and O–H groups in total. The first-order chi connectivity index (χ1) is 10.1. The largest absolute Gasteiger partial charge is 0.487 e. The molecule has 0 bridgehead atoms. The Morgan fingerprint density at radius 3 is 2.81 bits per heavy atom. The van der Waals surface area contributed by atoms with E-state index in [4.69, 9.17) is 4.74 Å². The quantitative estimate of drug-likeness (QED) is 0.841. The number of nitrogens with one attached hydrogen (secondary N) is 1. The van der Waals surface area contributed by atoms with Crippen molar-refractivity contribution >= 4 is 0 Å². The predicted molar refractivity (Wildman–Crippen MR) is 86.3 cm³/mol. The predicted octanol–water partition coefficient (Wildman–Crippen LogP) is 3.71. The summed E-state index contributed by atoms with van der Waals surface area (Å²) in [4.78, 5) is 4.35. The van der Waals surface area contributed by atoms with E-state index in [0.29, 0.717) is 12.5 Å². The van der Waals surface area contributed by atoms with Crippen molar-refractivity contribution in [3.63, 3.8) is 0 Å². The highest BCUT2D eigenvalue weighted by Gasteiger charge is 2.02. The molecule has 3 heteroatoms. The van der Waals surface area contributed by atoms with E-state index in [1.54, 1.807) is 6.20 Å². The average molecular weight is 284 g/mol. The molecule has 0 fully saturated rings. The van der Waals surface area contributed by atoms with E-state index in [9.17, 15) is 0 Å². The minimum Gasteiger partial charge on any atom is -0.487 e. The molecule has 0 amide bonds. The summed E-state index contributed by atoms with van der Waals surface area (Å²) in [6.07, 6.45) is 1.80. The topological polar surface area (TPSA) is 34.1 Å². The van der Waals surface area contributed by atoms with Crippen LogP contribution in [0.25, 0.3) is 0 Å². The van der Waals surface area contributed by atoms with Crippen LogP contribution in [0.15, 0.2) is 42.6 Å².